The number of hydrogen-bond acceptors (Lipinski definition) is 4. The fourth-order valence-electron chi connectivity index (χ4n) is 7.02. The van der Waals surface area contributed by atoms with Gasteiger partial charge in [-0.05, 0) is 148 Å². The molecule has 0 amide bonds. The molecule has 0 radical (unpaired) electrons. The summed E-state index contributed by atoms with van der Waals surface area (Å²) in [5.74, 6) is 0. The van der Waals surface area contributed by atoms with Gasteiger partial charge in [-0.1, -0.05) is 47.5 Å². The van der Waals surface area contributed by atoms with Gasteiger partial charge in [0, 0.05) is 23.3 Å². The Labute approximate surface area is 291 Å². The summed E-state index contributed by atoms with van der Waals surface area (Å²) in [4.78, 5) is -0.631. The molecule has 2 N–H and O–H groups in total. The number of benzene rings is 4. The van der Waals surface area contributed by atoms with E-state index >= 15 is 0 Å². The fourth-order valence-corrected chi connectivity index (χ4v) is 8.32. The van der Waals surface area contributed by atoms with Gasteiger partial charge in [-0.25, -0.2) is 0 Å². The SMILES string of the molecule is Cc1cc(C)c(Cc2ccc(C(=C3C=CC(S(=O)(=O)O)=C[C+]3S(=O)(=O)O)c3ccc(Cc4c(C)cc(C)cc4C)c(C)c3)cc2C)c(C)c1. The van der Waals surface area contributed by atoms with E-state index in [1.54, 1.807) is 0 Å². The number of rotatable bonds is 8. The van der Waals surface area contributed by atoms with Crippen molar-refractivity contribution in [2.45, 2.75) is 68.2 Å². The van der Waals surface area contributed by atoms with E-state index < -0.39 is 30.4 Å². The summed E-state index contributed by atoms with van der Waals surface area (Å²) >= 11 is 0. The molecule has 0 bridgehead atoms. The number of hydrogen-bond donors (Lipinski definition) is 2. The molecule has 49 heavy (non-hydrogen) atoms. The Morgan fingerprint density at radius 1 is 0.571 bits per heavy atom. The minimum absolute atomic E-state index is 0.115. The van der Waals surface area contributed by atoms with Crippen molar-refractivity contribution in [3.8, 4) is 0 Å². The molecule has 0 unspecified atom stereocenters. The van der Waals surface area contributed by atoms with Gasteiger partial charge in [0.1, 0.15) is 5.57 Å². The highest BCUT2D eigenvalue weighted by Crippen LogP contribution is 2.40. The number of allylic oxidation sites excluding steroid dienone is 2. The molecule has 0 atom stereocenters. The van der Waals surface area contributed by atoms with E-state index in [0.29, 0.717) is 16.7 Å². The van der Waals surface area contributed by atoms with Crippen LogP contribution >= 0.6 is 0 Å². The van der Waals surface area contributed by atoms with Crippen molar-refractivity contribution in [2.24, 2.45) is 0 Å². The zero-order chi connectivity index (χ0) is 36.0. The molecule has 0 heterocycles. The normalized spacial score (nSPS) is 13.6. The van der Waals surface area contributed by atoms with E-state index in [-0.39, 0.29) is 5.57 Å². The quantitative estimate of drug-likeness (QED) is 0.141. The van der Waals surface area contributed by atoms with Crippen LogP contribution in [-0.4, -0.2) is 25.9 Å². The first-order valence-electron chi connectivity index (χ1n) is 16.1. The predicted molar refractivity (Wildman–Crippen MR) is 199 cm³/mol. The summed E-state index contributed by atoms with van der Waals surface area (Å²) in [6.45, 7) is 16.7. The maximum atomic E-state index is 12.8. The maximum Gasteiger partial charge on any atom is 0.331 e. The van der Waals surface area contributed by atoms with E-state index in [2.05, 4.69) is 65.8 Å². The summed E-state index contributed by atoms with van der Waals surface area (Å²) in [5, 5.41) is -0.613. The van der Waals surface area contributed by atoms with Crippen LogP contribution in [0.2, 0.25) is 0 Å². The van der Waals surface area contributed by atoms with Gasteiger partial charge in [0.2, 0.25) is 0 Å². The molecule has 4 aromatic rings. The molecule has 8 heteroatoms. The first-order chi connectivity index (χ1) is 22.8. The Bertz CT molecular complexity index is 2150. The van der Waals surface area contributed by atoms with Crippen LogP contribution in [0.1, 0.15) is 77.9 Å². The van der Waals surface area contributed by atoms with E-state index in [9.17, 15) is 25.9 Å². The molecular weight excluding hydrogens is 653 g/mol. The minimum atomic E-state index is -4.92. The summed E-state index contributed by atoms with van der Waals surface area (Å²) in [7, 11) is -9.66. The predicted octanol–water partition coefficient (Wildman–Crippen LogP) is 8.90. The highest BCUT2D eigenvalue weighted by Gasteiger charge is 2.40. The van der Waals surface area contributed by atoms with Crippen LogP contribution in [0.15, 0.2) is 89.4 Å². The lowest BCUT2D eigenvalue weighted by molar-refractivity contribution is 0.487. The van der Waals surface area contributed by atoms with Gasteiger partial charge in [-0.15, -0.1) is 0 Å². The van der Waals surface area contributed by atoms with Gasteiger partial charge >= 0.3 is 20.2 Å². The molecule has 4 aromatic carbocycles. The Morgan fingerprint density at radius 2 is 0.980 bits per heavy atom. The first-order valence-corrected chi connectivity index (χ1v) is 19.0. The van der Waals surface area contributed by atoms with Crippen LogP contribution < -0.4 is 0 Å². The van der Waals surface area contributed by atoms with Crippen molar-refractivity contribution >= 4 is 25.8 Å². The summed E-state index contributed by atoms with van der Waals surface area (Å²) in [6.07, 6.45) is 4.73. The monoisotopic (exact) mass is 695 g/mol. The van der Waals surface area contributed by atoms with Crippen LogP contribution in [0.25, 0.3) is 5.57 Å². The summed E-state index contributed by atoms with van der Waals surface area (Å²) in [5.41, 5.74) is 16.0. The van der Waals surface area contributed by atoms with Crippen LogP contribution in [0.3, 0.4) is 0 Å². The number of aryl methyl sites for hydroxylation is 8. The molecule has 5 rings (SSSR count). The molecule has 6 nitrogen and oxygen atoms in total. The summed E-state index contributed by atoms with van der Waals surface area (Å²) in [6, 6.07) is 20.6. The van der Waals surface area contributed by atoms with Crippen molar-refractivity contribution < 1.29 is 25.9 Å². The molecule has 1 aliphatic rings. The molecule has 0 saturated carbocycles. The Balaban J connectivity index is 1.68. The molecule has 0 aromatic heterocycles. The van der Waals surface area contributed by atoms with Crippen LogP contribution in [0, 0.1) is 60.6 Å². The third-order valence-electron chi connectivity index (χ3n) is 9.48. The van der Waals surface area contributed by atoms with E-state index in [0.717, 1.165) is 47.2 Å². The van der Waals surface area contributed by atoms with Gasteiger partial charge < -0.3 is 0 Å². The largest absolute Gasteiger partial charge is 0.331 e. The Morgan fingerprint density at radius 3 is 1.33 bits per heavy atom. The van der Waals surface area contributed by atoms with Gasteiger partial charge in [-0.3, -0.25) is 9.11 Å². The first kappa shape index (κ1) is 36.1. The highest BCUT2D eigenvalue weighted by atomic mass is 32.2. The van der Waals surface area contributed by atoms with Crippen molar-refractivity contribution in [2.75, 3.05) is 0 Å². The summed E-state index contributed by atoms with van der Waals surface area (Å²) < 4.78 is 69.7. The fraction of sp³-hybridized carbons (Fsp3) is 0.244. The smallest absolute Gasteiger partial charge is 0.275 e. The average Bonchev–Trinajstić information content (AvgIpc) is 2.97. The van der Waals surface area contributed by atoms with Crippen molar-refractivity contribution in [1.82, 2.24) is 0 Å². The van der Waals surface area contributed by atoms with E-state index in [4.69, 9.17) is 0 Å². The van der Waals surface area contributed by atoms with Gasteiger partial charge in [0.05, 0.1) is 11.6 Å². The molecule has 0 spiro atoms. The zero-order valence-electron chi connectivity index (χ0n) is 29.3. The Hall–Kier alpha value is -4.21. The molecule has 0 fully saturated rings. The topological polar surface area (TPSA) is 109 Å². The maximum absolute atomic E-state index is 12.8. The molecular formula is C41H43O6S2+. The standard InChI is InChI=1S/C41H42O6S2/c1-24-15-28(5)38(29(6)16-24)21-32-9-11-34(19-26(32)3)41(37-14-13-36(48(42,43)44)23-40(37)49(45,46)47)35-12-10-33(27(4)20-35)22-39-30(7)17-25(2)18-31(39)8/h9-20,23H,21-22H2,1-8H3,(H-,42,43,44,45,46,47)/p+1. The lowest BCUT2D eigenvalue weighted by atomic mass is 9.85. The molecule has 0 aliphatic heterocycles. The average molecular weight is 696 g/mol. The van der Waals surface area contributed by atoms with Crippen molar-refractivity contribution in [1.29, 1.82) is 0 Å². The lowest BCUT2D eigenvalue weighted by Crippen LogP contribution is -2.18. The van der Waals surface area contributed by atoms with Gasteiger partial charge in [0.15, 0.2) is 10.2 Å². The lowest BCUT2D eigenvalue weighted by Gasteiger charge is -2.18. The third-order valence-corrected chi connectivity index (χ3v) is 11.2. The van der Waals surface area contributed by atoms with Crippen LogP contribution in [0.4, 0.5) is 0 Å². The highest BCUT2D eigenvalue weighted by molar-refractivity contribution is 7.90. The second-order valence-electron chi connectivity index (χ2n) is 13.4. The molecule has 254 valence electrons. The van der Waals surface area contributed by atoms with Crippen molar-refractivity contribution in [3.63, 3.8) is 0 Å². The van der Waals surface area contributed by atoms with Gasteiger partial charge in [-0.2, -0.15) is 16.8 Å². The van der Waals surface area contributed by atoms with Crippen molar-refractivity contribution in [3.05, 3.63) is 173 Å². The van der Waals surface area contributed by atoms with Crippen LogP contribution in [0.5, 0.6) is 0 Å². The van der Waals surface area contributed by atoms with E-state index in [1.807, 2.05) is 50.2 Å². The second-order valence-corrected chi connectivity index (χ2v) is 16.2. The third kappa shape index (κ3) is 7.84. The molecule has 1 aliphatic carbocycles. The Kier molecular flexibility index (Phi) is 10.0. The van der Waals surface area contributed by atoms with Crippen LogP contribution in [-0.2, 0) is 33.1 Å². The second kappa shape index (κ2) is 13.6. The minimum Gasteiger partial charge on any atom is -0.275 e. The van der Waals surface area contributed by atoms with Gasteiger partial charge in [0.25, 0.3) is 0 Å². The van der Waals surface area contributed by atoms with E-state index in [1.165, 1.54) is 50.6 Å². The zero-order valence-corrected chi connectivity index (χ0v) is 30.9. The molecule has 0 saturated heterocycles.